The van der Waals surface area contributed by atoms with Crippen molar-refractivity contribution in [3.05, 3.63) is 0 Å². The Bertz CT molecular complexity index is 426. The Labute approximate surface area is 146 Å². The van der Waals surface area contributed by atoms with E-state index < -0.39 is 0 Å². The average Bonchev–Trinajstić information content (AvgIpc) is 2.62. The van der Waals surface area contributed by atoms with E-state index in [2.05, 4.69) is 4.90 Å². The normalized spacial score (nSPS) is 31.0. The number of aliphatic hydroxyl groups is 1. The number of ether oxygens (including phenoxy) is 1. The first kappa shape index (κ1) is 18.2. The highest BCUT2D eigenvalue weighted by Gasteiger charge is 2.56. The number of carbonyl (C=O) groups excluding carboxylic acids is 1. The SMILES string of the molecule is CCOC1CC(O)C12CCN(CC(=O)N(C)C1CCCCC1)CC2. The van der Waals surface area contributed by atoms with Crippen molar-refractivity contribution in [1.82, 2.24) is 9.80 Å². The van der Waals surface area contributed by atoms with E-state index >= 15 is 0 Å². The number of nitrogens with zero attached hydrogens (tertiary/aromatic N) is 2. The number of amides is 1. The smallest absolute Gasteiger partial charge is 0.236 e. The highest BCUT2D eigenvalue weighted by atomic mass is 16.5. The zero-order valence-corrected chi connectivity index (χ0v) is 15.4. The van der Waals surface area contributed by atoms with Crippen LogP contribution < -0.4 is 0 Å². The van der Waals surface area contributed by atoms with Crippen molar-refractivity contribution in [2.24, 2.45) is 5.41 Å². The van der Waals surface area contributed by atoms with Gasteiger partial charge in [-0.3, -0.25) is 9.69 Å². The molecule has 0 aromatic carbocycles. The second-order valence-corrected chi connectivity index (χ2v) is 8.00. The van der Waals surface area contributed by atoms with Gasteiger partial charge in [-0.25, -0.2) is 0 Å². The minimum Gasteiger partial charge on any atom is -0.392 e. The van der Waals surface area contributed by atoms with Crippen molar-refractivity contribution >= 4 is 5.91 Å². The van der Waals surface area contributed by atoms with Gasteiger partial charge in [-0.15, -0.1) is 0 Å². The average molecular weight is 338 g/mol. The third kappa shape index (κ3) is 3.49. The third-order valence-electron chi connectivity index (χ3n) is 6.77. The highest BCUT2D eigenvalue weighted by molar-refractivity contribution is 5.78. The molecule has 0 aromatic heterocycles. The van der Waals surface area contributed by atoms with Gasteiger partial charge in [0.2, 0.25) is 5.91 Å². The summed E-state index contributed by atoms with van der Waals surface area (Å²) in [5.41, 5.74) is -0.0508. The van der Waals surface area contributed by atoms with Crippen LogP contribution >= 0.6 is 0 Å². The van der Waals surface area contributed by atoms with Crippen LogP contribution in [0.15, 0.2) is 0 Å². The number of piperidine rings is 1. The molecule has 1 amide bonds. The summed E-state index contributed by atoms with van der Waals surface area (Å²) in [5, 5.41) is 10.3. The summed E-state index contributed by atoms with van der Waals surface area (Å²) in [5.74, 6) is 0.258. The number of aliphatic hydroxyl groups excluding tert-OH is 1. The van der Waals surface area contributed by atoms with E-state index in [4.69, 9.17) is 4.74 Å². The van der Waals surface area contributed by atoms with E-state index in [1.54, 1.807) is 0 Å². The van der Waals surface area contributed by atoms with Crippen LogP contribution in [0.4, 0.5) is 0 Å². The van der Waals surface area contributed by atoms with Crippen LogP contribution in [0.5, 0.6) is 0 Å². The summed E-state index contributed by atoms with van der Waals surface area (Å²) >= 11 is 0. The maximum Gasteiger partial charge on any atom is 0.236 e. The van der Waals surface area contributed by atoms with Gasteiger partial charge in [0, 0.05) is 31.5 Å². The molecule has 0 aromatic rings. The Hall–Kier alpha value is -0.650. The maximum atomic E-state index is 12.6. The number of carbonyl (C=O) groups is 1. The molecule has 24 heavy (non-hydrogen) atoms. The van der Waals surface area contributed by atoms with Crippen LogP contribution in [-0.4, -0.2) is 72.4 Å². The van der Waals surface area contributed by atoms with Gasteiger partial charge in [0.05, 0.1) is 18.8 Å². The fourth-order valence-electron chi connectivity index (χ4n) is 4.92. The fraction of sp³-hybridized carbons (Fsp3) is 0.947. The lowest BCUT2D eigenvalue weighted by Gasteiger charge is -2.56. The van der Waals surface area contributed by atoms with Gasteiger partial charge in [-0.2, -0.15) is 0 Å². The number of likely N-dealkylation sites (tertiary alicyclic amines) is 1. The van der Waals surface area contributed by atoms with Gasteiger partial charge >= 0.3 is 0 Å². The molecule has 3 fully saturated rings. The molecule has 0 radical (unpaired) electrons. The molecular weight excluding hydrogens is 304 g/mol. The first-order chi connectivity index (χ1) is 11.6. The molecule has 0 bridgehead atoms. The second-order valence-electron chi connectivity index (χ2n) is 8.00. The molecule has 1 saturated heterocycles. The molecule has 138 valence electrons. The van der Waals surface area contributed by atoms with Gasteiger partial charge < -0.3 is 14.7 Å². The summed E-state index contributed by atoms with van der Waals surface area (Å²) in [6.07, 6.45) is 8.79. The molecule has 2 atom stereocenters. The van der Waals surface area contributed by atoms with Crippen molar-refractivity contribution in [1.29, 1.82) is 0 Å². The molecule has 1 heterocycles. The first-order valence-electron chi connectivity index (χ1n) is 9.84. The molecule has 1 aliphatic heterocycles. The zero-order chi connectivity index (χ0) is 17.2. The lowest BCUT2D eigenvalue weighted by molar-refractivity contribution is -0.209. The second kappa shape index (κ2) is 7.71. The van der Waals surface area contributed by atoms with E-state index in [0.29, 0.717) is 19.2 Å². The quantitative estimate of drug-likeness (QED) is 0.833. The number of hydrogen-bond donors (Lipinski definition) is 1. The molecule has 2 saturated carbocycles. The summed E-state index contributed by atoms with van der Waals surface area (Å²) < 4.78 is 5.82. The van der Waals surface area contributed by atoms with Gasteiger partial charge in [0.25, 0.3) is 0 Å². The Morgan fingerprint density at radius 1 is 1.25 bits per heavy atom. The minimum atomic E-state index is -0.225. The van der Waals surface area contributed by atoms with E-state index in [0.717, 1.165) is 45.2 Å². The topological polar surface area (TPSA) is 53.0 Å². The Morgan fingerprint density at radius 3 is 2.50 bits per heavy atom. The first-order valence-corrected chi connectivity index (χ1v) is 9.84. The molecule has 5 heteroatoms. The highest BCUT2D eigenvalue weighted by Crippen LogP contribution is 2.50. The largest absolute Gasteiger partial charge is 0.392 e. The predicted molar refractivity (Wildman–Crippen MR) is 93.8 cm³/mol. The van der Waals surface area contributed by atoms with Gasteiger partial charge in [-0.1, -0.05) is 19.3 Å². The zero-order valence-electron chi connectivity index (χ0n) is 15.4. The van der Waals surface area contributed by atoms with E-state index in [-0.39, 0.29) is 23.5 Å². The summed E-state index contributed by atoms with van der Waals surface area (Å²) in [4.78, 5) is 16.9. The lowest BCUT2D eigenvalue weighted by Crippen LogP contribution is -2.62. The standard InChI is InChI=1S/C19H34N2O3/c1-3-24-17-13-16(22)19(17)9-11-21(12-10-19)14-18(23)20(2)15-7-5-4-6-8-15/h15-17,22H,3-14H2,1-2H3. The fourth-order valence-corrected chi connectivity index (χ4v) is 4.92. The molecule has 5 nitrogen and oxygen atoms in total. The predicted octanol–water partition coefficient (Wildman–Crippen LogP) is 2.03. The van der Waals surface area contributed by atoms with Crippen molar-refractivity contribution in [3.8, 4) is 0 Å². The number of likely N-dealkylation sites (N-methyl/N-ethyl adjacent to an activating group) is 1. The third-order valence-corrected chi connectivity index (χ3v) is 6.77. The summed E-state index contributed by atoms with van der Waals surface area (Å²) in [6.45, 7) is 5.05. The van der Waals surface area contributed by atoms with E-state index in [9.17, 15) is 9.90 Å². The molecule has 1 spiro atoms. The molecule has 2 aliphatic carbocycles. The van der Waals surface area contributed by atoms with Crippen molar-refractivity contribution < 1.29 is 14.6 Å². The lowest BCUT2D eigenvalue weighted by atomic mass is 9.58. The van der Waals surface area contributed by atoms with Crippen molar-refractivity contribution in [3.63, 3.8) is 0 Å². The van der Waals surface area contributed by atoms with Crippen molar-refractivity contribution in [2.75, 3.05) is 33.3 Å². The molecule has 2 unspecified atom stereocenters. The molecule has 3 rings (SSSR count). The number of hydrogen-bond acceptors (Lipinski definition) is 4. The molecule has 3 aliphatic rings. The van der Waals surface area contributed by atoms with Gasteiger partial charge in [-0.05, 0) is 45.7 Å². The monoisotopic (exact) mass is 338 g/mol. The molecular formula is C19H34N2O3. The molecule has 1 N–H and O–H groups in total. The van der Waals surface area contributed by atoms with Crippen LogP contribution in [0.1, 0.15) is 58.3 Å². The summed E-state index contributed by atoms with van der Waals surface area (Å²) in [6, 6.07) is 0.443. The van der Waals surface area contributed by atoms with Crippen LogP contribution in [0.3, 0.4) is 0 Å². The van der Waals surface area contributed by atoms with E-state index in [1.165, 1.54) is 19.3 Å². The van der Waals surface area contributed by atoms with Crippen LogP contribution in [0.25, 0.3) is 0 Å². The number of rotatable bonds is 5. The van der Waals surface area contributed by atoms with E-state index in [1.807, 2.05) is 18.9 Å². The summed E-state index contributed by atoms with van der Waals surface area (Å²) in [7, 11) is 1.98. The minimum absolute atomic E-state index is 0.0508. The van der Waals surface area contributed by atoms with Crippen LogP contribution in [-0.2, 0) is 9.53 Å². The Morgan fingerprint density at radius 2 is 1.92 bits per heavy atom. The maximum absolute atomic E-state index is 12.6. The van der Waals surface area contributed by atoms with Crippen LogP contribution in [0.2, 0.25) is 0 Å². The van der Waals surface area contributed by atoms with Crippen molar-refractivity contribution in [2.45, 2.75) is 76.5 Å². The van der Waals surface area contributed by atoms with Gasteiger partial charge in [0.15, 0.2) is 0 Å². The van der Waals surface area contributed by atoms with Gasteiger partial charge in [0.1, 0.15) is 0 Å². The van der Waals surface area contributed by atoms with Crippen LogP contribution in [0, 0.1) is 5.41 Å². The Kier molecular flexibility index (Phi) is 5.83. The Balaban J connectivity index is 1.47.